The van der Waals surface area contributed by atoms with E-state index in [0.29, 0.717) is 0 Å². The lowest BCUT2D eigenvalue weighted by Gasteiger charge is -2.30. The molecule has 0 saturated carbocycles. The second-order valence-corrected chi connectivity index (χ2v) is 8.68. The van der Waals surface area contributed by atoms with Crippen molar-refractivity contribution in [3.63, 3.8) is 0 Å². The lowest BCUT2D eigenvalue weighted by Crippen LogP contribution is -2.21. The van der Waals surface area contributed by atoms with Crippen LogP contribution in [0.2, 0.25) is 0 Å². The van der Waals surface area contributed by atoms with Crippen LogP contribution < -0.4 is 0 Å². The van der Waals surface area contributed by atoms with E-state index in [9.17, 15) is 13.9 Å². The SMILES string of the molecule is CCOP(=O)(OCC)C(CC(=O)O)P(=O)(OCC)OCC. The Labute approximate surface area is 125 Å². The monoisotopic (exact) mass is 346 g/mol. The molecule has 0 aliphatic rings. The Kier molecular flexibility index (Phi) is 9.61. The summed E-state index contributed by atoms with van der Waals surface area (Å²) in [4.78, 5) is 11.1. The average Bonchev–Trinajstić information content (AvgIpc) is 2.36. The van der Waals surface area contributed by atoms with Crippen molar-refractivity contribution in [1.82, 2.24) is 0 Å². The summed E-state index contributed by atoms with van der Waals surface area (Å²) >= 11 is 0. The Morgan fingerprint density at radius 2 is 1.14 bits per heavy atom. The number of carboxylic acid groups (broad SMARTS) is 1. The molecule has 0 aromatic rings. The zero-order chi connectivity index (χ0) is 16.5. The zero-order valence-corrected chi connectivity index (χ0v) is 14.6. The van der Waals surface area contributed by atoms with Crippen molar-refractivity contribution in [1.29, 1.82) is 0 Å². The van der Waals surface area contributed by atoms with Gasteiger partial charge >= 0.3 is 21.2 Å². The summed E-state index contributed by atoms with van der Waals surface area (Å²) in [5.41, 5.74) is 0. The summed E-state index contributed by atoms with van der Waals surface area (Å²) in [6, 6.07) is 0. The maximum Gasteiger partial charge on any atom is 0.346 e. The quantitative estimate of drug-likeness (QED) is 0.536. The topological polar surface area (TPSA) is 108 Å². The maximum atomic E-state index is 12.8. The van der Waals surface area contributed by atoms with Crippen molar-refractivity contribution >= 4 is 21.2 Å². The first-order valence-corrected chi connectivity index (χ1v) is 10.0. The van der Waals surface area contributed by atoms with Crippen molar-refractivity contribution in [3.8, 4) is 0 Å². The van der Waals surface area contributed by atoms with E-state index in [1.807, 2.05) is 0 Å². The third kappa shape index (κ3) is 6.19. The van der Waals surface area contributed by atoms with Crippen LogP contribution in [0.3, 0.4) is 0 Å². The number of hydrogen-bond donors (Lipinski definition) is 1. The lowest BCUT2D eigenvalue weighted by molar-refractivity contribution is -0.136. The molecule has 8 nitrogen and oxygen atoms in total. The van der Waals surface area contributed by atoms with E-state index in [1.165, 1.54) is 0 Å². The second kappa shape index (κ2) is 9.72. The fourth-order valence-electron chi connectivity index (χ4n) is 1.69. The van der Waals surface area contributed by atoms with Gasteiger partial charge in [-0.2, -0.15) is 0 Å². The van der Waals surface area contributed by atoms with Gasteiger partial charge < -0.3 is 23.2 Å². The molecule has 1 N–H and O–H groups in total. The first-order chi connectivity index (χ1) is 9.79. The molecule has 0 bridgehead atoms. The minimum Gasteiger partial charge on any atom is -0.481 e. The van der Waals surface area contributed by atoms with Crippen LogP contribution in [0.15, 0.2) is 0 Å². The van der Waals surface area contributed by atoms with Gasteiger partial charge in [0.05, 0.1) is 32.8 Å². The first-order valence-electron chi connectivity index (χ1n) is 6.78. The molecule has 0 rings (SSSR count). The maximum absolute atomic E-state index is 12.8. The number of rotatable bonds is 12. The molecular formula is C11H24O8P2. The first kappa shape index (κ1) is 20.8. The summed E-state index contributed by atoms with van der Waals surface area (Å²) < 4.78 is 46.0. The highest BCUT2D eigenvalue weighted by Crippen LogP contribution is 2.71. The van der Waals surface area contributed by atoms with Crippen molar-refractivity contribution in [2.24, 2.45) is 0 Å². The van der Waals surface area contributed by atoms with Crippen LogP contribution >= 0.6 is 15.2 Å². The molecule has 0 aliphatic heterocycles. The van der Waals surface area contributed by atoms with Crippen LogP contribution in [0.1, 0.15) is 34.1 Å². The molecule has 10 heteroatoms. The molecule has 126 valence electrons. The molecule has 0 aromatic carbocycles. The van der Waals surface area contributed by atoms with Gasteiger partial charge in [-0.15, -0.1) is 0 Å². The smallest absolute Gasteiger partial charge is 0.346 e. The van der Waals surface area contributed by atoms with E-state index in [1.54, 1.807) is 27.7 Å². The van der Waals surface area contributed by atoms with E-state index >= 15 is 0 Å². The Hall–Kier alpha value is -0.230. The molecule has 0 unspecified atom stereocenters. The van der Waals surface area contributed by atoms with E-state index in [0.717, 1.165) is 0 Å². The highest BCUT2D eigenvalue weighted by molar-refractivity contribution is 7.72. The average molecular weight is 346 g/mol. The lowest BCUT2D eigenvalue weighted by atomic mass is 10.5. The number of carbonyl (C=O) groups is 1. The van der Waals surface area contributed by atoms with Crippen LogP contribution in [0.4, 0.5) is 0 Å². The summed E-state index contributed by atoms with van der Waals surface area (Å²) in [6.07, 6.45) is -0.700. The van der Waals surface area contributed by atoms with Gasteiger partial charge in [0.25, 0.3) is 0 Å². The molecule has 0 amide bonds. The van der Waals surface area contributed by atoms with Gasteiger partial charge in [-0.1, -0.05) is 0 Å². The summed E-state index contributed by atoms with van der Waals surface area (Å²) in [5, 5.41) is 7.52. The van der Waals surface area contributed by atoms with Crippen molar-refractivity contribution in [2.75, 3.05) is 26.4 Å². The van der Waals surface area contributed by atoms with Crippen molar-refractivity contribution in [2.45, 2.75) is 39.5 Å². The van der Waals surface area contributed by atoms with Crippen molar-refractivity contribution < 1.29 is 37.1 Å². The summed E-state index contributed by atoms with van der Waals surface area (Å²) in [5.74, 6) is -1.29. The van der Waals surface area contributed by atoms with Gasteiger partial charge in [-0.3, -0.25) is 13.9 Å². The minimum absolute atomic E-state index is 0.0195. The van der Waals surface area contributed by atoms with Gasteiger partial charge in [0.1, 0.15) is 0 Å². The molecule has 21 heavy (non-hydrogen) atoms. The van der Waals surface area contributed by atoms with E-state index < -0.39 is 33.0 Å². The highest BCUT2D eigenvalue weighted by Gasteiger charge is 2.51. The Morgan fingerprint density at radius 3 is 1.33 bits per heavy atom. The van der Waals surface area contributed by atoms with Gasteiger partial charge in [0, 0.05) is 0 Å². The molecule has 0 radical (unpaired) electrons. The van der Waals surface area contributed by atoms with Gasteiger partial charge in [0.2, 0.25) is 0 Å². The summed E-state index contributed by atoms with van der Waals surface area (Å²) in [7, 11) is -7.92. The largest absolute Gasteiger partial charge is 0.481 e. The molecule has 0 atom stereocenters. The third-order valence-electron chi connectivity index (χ3n) is 2.32. The van der Waals surface area contributed by atoms with Crippen LogP contribution in [0.25, 0.3) is 0 Å². The normalized spacial score (nSPS) is 12.8. The van der Waals surface area contributed by atoms with E-state index in [2.05, 4.69) is 0 Å². The van der Waals surface area contributed by atoms with Crippen LogP contribution in [0, 0.1) is 0 Å². The molecule has 0 aliphatic carbocycles. The number of carboxylic acids is 1. The molecule has 0 heterocycles. The van der Waals surface area contributed by atoms with Gasteiger partial charge in [-0.25, -0.2) is 0 Å². The molecular weight excluding hydrogens is 322 g/mol. The fraction of sp³-hybridized carbons (Fsp3) is 0.909. The molecule has 0 fully saturated rings. The Bertz CT molecular complexity index is 361. The Morgan fingerprint density at radius 1 is 0.857 bits per heavy atom. The third-order valence-corrected chi connectivity index (χ3v) is 8.32. The number of aliphatic carboxylic acids is 1. The van der Waals surface area contributed by atoms with Crippen LogP contribution in [-0.2, 0) is 32.0 Å². The molecule has 0 aromatic heterocycles. The number of hydrogen-bond acceptors (Lipinski definition) is 7. The zero-order valence-electron chi connectivity index (χ0n) is 12.8. The van der Waals surface area contributed by atoms with Gasteiger partial charge in [0.15, 0.2) is 5.40 Å². The second-order valence-electron chi connectivity index (χ2n) is 3.83. The Balaban J connectivity index is 5.74. The predicted octanol–water partition coefficient (Wildman–Crippen LogP) is 3.32. The van der Waals surface area contributed by atoms with Gasteiger partial charge in [-0.05, 0) is 27.7 Å². The van der Waals surface area contributed by atoms with E-state index in [4.69, 9.17) is 23.2 Å². The minimum atomic E-state index is -3.96. The highest BCUT2D eigenvalue weighted by atomic mass is 31.2. The predicted molar refractivity (Wildman–Crippen MR) is 77.8 cm³/mol. The fourth-order valence-corrected chi connectivity index (χ4v) is 6.91. The van der Waals surface area contributed by atoms with Crippen LogP contribution in [0.5, 0.6) is 0 Å². The molecule has 0 saturated heterocycles. The molecule has 0 spiro atoms. The summed E-state index contributed by atoms with van der Waals surface area (Å²) in [6.45, 7) is 6.39. The van der Waals surface area contributed by atoms with Crippen molar-refractivity contribution in [3.05, 3.63) is 0 Å². The standard InChI is InChI=1S/C11H24O8P2/c1-5-16-20(14,17-6-2)11(9-10(12)13)21(15,18-7-3)19-8-4/h11H,5-9H2,1-4H3,(H,12,13). The van der Waals surface area contributed by atoms with E-state index in [-0.39, 0.29) is 26.4 Å². The van der Waals surface area contributed by atoms with Crippen LogP contribution in [-0.4, -0.2) is 42.9 Å².